The lowest BCUT2D eigenvalue weighted by Crippen LogP contribution is -2.50. The summed E-state index contributed by atoms with van der Waals surface area (Å²) in [5.74, 6) is -7.69. The number of rotatable bonds is 11. The third kappa shape index (κ3) is 7.96. The van der Waals surface area contributed by atoms with Gasteiger partial charge in [-0.2, -0.15) is 0 Å². The molecule has 0 spiro atoms. The zero-order valence-electron chi connectivity index (χ0n) is 18.1. The summed E-state index contributed by atoms with van der Waals surface area (Å²) in [6, 6.07) is 0. The predicted octanol–water partition coefficient (Wildman–Crippen LogP) is -0.268. The van der Waals surface area contributed by atoms with E-state index in [0.29, 0.717) is 6.42 Å². The van der Waals surface area contributed by atoms with E-state index in [1.165, 1.54) is 6.92 Å². The first kappa shape index (κ1) is 26.5. The fourth-order valence-corrected chi connectivity index (χ4v) is 2.35. The Hall–Kier alpha value is -3.51. The van der Waals surface area contributed by atoms with Crippen LogP contribution in [-0.2, 0) is 57.3 Å². The average Bonchev–Trinajstić information content (AvgIpc) is 3.02. The molecule has 0 aromatic carbocycles. The Morgan fingerprint density at radius 1 is 0.844 bits per heavy atom. The van der Waals surface area contributed by atoms with Crippen LogP contribution in [0.5, 0.6) is 0 Å². The number of hydrogen-bond acceptors (Lipinski definition) is 12. The highest BCUT2D eigenvalue weighted by Gasteiger charge is 2.45. The van der Waals surface area contributed by atoms with Gasteiger partial charge in [0.15, 0.2) is 6.10 Å². The van der Waals surface area contributed by atoms with Crippen LogP contribution in [0.1, 0.15) is 53.4 Å². The van der Waals surface area contributed by atoms with Crippen LogP contribution in [0.25, 0.3) is 0 Å². The number of carbonyl (C=O) groups is 7. The molecule has 0 unspecified atom stereocenters. The van der Waals surface area contributed by atoms with Crippen molar-refractivity contribution in [3.63, 3.8) is 0 Å². The van der Waals surface area contributed by atoms with Crippen molar-refractivity contribution < 1.29 is 57.3 Å². The molecule has 0 aliphatic carbocycles. The van der Waals surface area contributed by atoms with E-state index in [9.17, 15) is 33.6 Å². The maximum Gasteiger partial charge on any atom is 0.377 e. The van der Waals surface area contributed by atoms with Crippen molar-refractivity contribution in [3.8, 4) is 0 Å². The van der Waals surface area contributed by atoms with Gasteiger partial charge in [0.05, 0.1) is 6.61 Å². The monoisotopic (exact) mass is 459 g/mol. The topological polar surface area (TPSA) is 169 Å². The standard InChI is InChI=1S/C19H25NO12/c1-5-6-9-28-17(25)10(2)29-18(26)15(30-11(3)21)16(31-12(4)22)19(27)32-20-13(23)7-8-14(20)24/h10,15-16H,5-9H2,1-4H3/t10-,15+,16+/m0/s1. The summed E-state index contributed by atoms with van der Waals surface area (Å²) in [5, 5.41) is 0.155. The Balaban J connectivity index is 3.03. The van der Waals surface area contributed by atoms with Crippen LogP contribution in [0.2, 0.25) is 0 Å². The van der Waals surface area contributed by atoms with Crippen LogP contribution in [0.3, 0.4) is 0 Å². The molecule has 2 amide bonds. The van der Waals surface area contributed by atoms with E-state index < -0.39 is 60.0 Å². The molecular formula is C19H25NO12. The molecule has 1 aliphatic rings. The average molecular weight is 459 g/mol. The molecule has 32 heavy (non-hydrogen) atoms. The molecule has 13 nitrogen and oxygen atoms in total. The van der Waals surface area contributed by atoms with Crippen LogP contribution in [0.15, 0.2) is 0 Å². The highest BCUT2D eigenvalue weighted by Crippen LogP contribution is 2.17. The zero-order chi connectivity index (χ0) is 24.4. The number of esters is 4. The minimum atomic E-state index is -2.23. The molecular weight excluding hydrogens is 434 g/mol. The summed E-state index contributed by atoms with van der Waals surface area (Å²) in [4.78, 5) is 87.9. The molecule has 1 rings (SSSR count). The van der Waals surface area contributed by atoms with Gasteiger partial charge in [-0.3, -0.25) is 19.2 Å². The Morgan fingerprint density at radius 3 is 1.81 bits per heavy atom. The van der Waals surface area contributed by atoms with Gasteiger partial charge < -0.3 is 23.8 Å². The van der Waals surface area contributed by atoms with E-state index in [-0.39, 0.29) is 24.5 Å². The largest absolute Gasteiger partial charge is 0.463 e. The summed E-state index contributed by atoms with van der Waals surface area (Å²) >= 11 is 0. The van der Waals surface area contributed by atoms with E-state index in [4.69, 9.17) is 18.9 Å². The number of imide groups is 1. The lowest BCUT2D eigenvalue weighted by Gasteiger charge is -2.25. The summed E-state index contributed by atoms with van der Waals surface area (Å²) in [6.07, 6.45) is -4.96. The Morgan fingerprint density at radius 2 is 1.34 bits per heavy atom. The van der Waals surface area contributed by atoms with E-state index in [2.05, 4.69) is 4.84 Å². The molecule has 0 radical (unpaired) electrons. The first-order valence-corrected chi connectivity index (χ1v) is 9.77. The quantitative estimate of drug-likeness (QED) is 0.172. The van der Waals surface area contributed by atoms with Crippen molar-refractivity contribution in [2.24, 2.45) is 0 Å². The smallest absolute Gasteiger partial charge is 0.377 e. The van der Waals surface area contributed by atoms with Gasteiger partial charge >= 0.3 is 29.8 Å². The van der Waals surface area contributed by atoms with Gasteiger partial charge in [-0.1, -0.05) is 13.3 Å². The third-order valence-electron chi connectivity index (χ3n) is 3.88. The Kier molecular flexibility index (Phi) is 10.3. The zero-order valence-corrected chi connectivity index (χ0v) is 18.1. The van der Waals surface area contributed by atoms with Crippen molar-refractivity contribution >= 4 is 41.7 Å². The van der Waals surface area contributed by atoms with Gasteiger partial charge in [0, 0.05) is 26.7 Å². The third-order valence-corrected chi connectivity index (χ3v) is 3.88. The number of hydrogen-bond donors (Lipinski definition) is 0. The van der Waals surface area contributed by atoms with Crippen LogP contribution < -0.4 is 0 Å². The molecule has 178 valence electrons. The fourth-order valence-electron chi connectivity index (χ4n) is 2.35. The Labute approximate surface area is 183 Å². The molecule has 1 fully saturated rings. The van der Waals surface area contributed by atoms with Gasteiger partial charge in [0.25, 0.3) is 11.8 Å². The summed E-state index contributed by atoms with van der Waals surface area (Å²) in [7, 11) is 0. The van der Waals surface area contributed by atoms with Crippen LogP contribution >= 0.6 is 0 Å². The number of amides is 2. The van der Waals surface area contributed by atoms with Gasteiger partial charge in [-0.25, -0.2) is 14.4 Å². The highest BCUT2D eigenvalue weighted by molar-refractivity contribution is 6.02. The Bertz CT molecular complexity index is 760. The normalized spacial score (nSPS) is 15.9. The fraction of sp³-hybridized carbons (Fsp3) is 0.632. The van der Waals surface area contributed by atoms with Crippen LogP contribution in [0, 0.1) is 0 Å². The number of ether oxygens (including phenoxy) is 4. The molecule has 0 bridgehead atoms. The van der Waals surface area contributed by atoms with E-state index in [0.717, 1.165) is 20.3 Å². The molecule has 0 aromatic heterocycles. The van der Waals surface area contributed by atoms with Gasteiger partial charge in [0.1, 0.15) is 0 Å². The predicted molar refractivity (Wildman–Crippen MR) is 99.7 cm³/mol. The second-order valence-electron chi connectivity index (χ2n) is 6.65. The number of hydroxylamine groups is 2. The van der Waals surface area contributed by atoms with Crippen molar-refractivity contribution in [2.45, 2.75) is 71.7 Å². The lowest BCUT2D eigenvalue weighted by atomic mass is 10.2. The van der Waals surface area contributed by atoms with Crippen molar-refractivity contribution in [2.75, 3.05) is 6.61 Å². The van der Waals surface area contributed by atoms with Gasteiger partial charge in [-0.15, -0.1) is 5.06 Å². The SMILES string of the molecule is CCCCOC(=O)[C@H](C)OC(=O)[C@H](OC(C)=O)[C@@H](OC(C)=O)C(=O)ON1C(=O)CCC1=O. The minimum Gasteiger partial charge on any atom is -0.463 e. The summed E-state index contributed by atoms with van der Waals surface area (Å²) in [5.41, 5.74) is 0. The molecule has 3 atom stereocenters. The van der Waals surface area contributed by atoms with E-state index >= 15 is 0 Å². The molecule has 0 N–H and O–H groups in total. The lowest BCUT2D eigenvalue weighted by molar-refractivity contribution is -0.214. The van der Waals surface area contributed by atoms with Crippen LogP contribution in [-0.4, -0.2) is 71.6 Å². The van der Waals surface area contributed by atoms with Crippen LogP contribution in [0.4, 0.5) is 0 Å². The molecule has 1 saturated heterocycles. The van der Waals surface area contributed by atoms with Crippen molar-refractivity contribution in [3.05, 3.63) is 0 Å². The number of nitrogens with zero attached hydrogens (tertiary/aromatic N) is 1. The summed E-state index contributed by atoms with van der Waals surface area (Å²) in [6.45, 7) is 4.92. The number of carbonyl (C=O) groups excluding carboxylic acids is 7. The first-order chi connectivity index (χ1) is 15.0. The van der Waals surface area contributed by atoms with Gasteiger partial charge in [0.2, 0.25) is 12.2 Å². The first-order valence-electron chi connectivity index (χ1n) is 9.77. The molecule has 1 aliphatic heterocycles. The second-order valence-corrected chi connectivity index (χ2v) is 6.65. The molecule has 0 aromatic rings. The van der Waals surface area contributed by atoms with E-state index in [1.54, 1.807) is 0 Å². The maximum atomic E-state index is 12.6. The minimum absolute atomic E-state index is 0.0882. The summed E-state index contributed by atoms with van der Waals surface area (Å²) < 4.78 is 19.3. The molecule has 0 saturated carbocycles. The molecule has 13 heteroatoms. The van der Waals surface area contributed by atoms with Crippen molar-refractivity contribution in [1.29, 1.82) is 0 Å². The number of unbranched alkanes of at least 4 members (excludes halogenated alkanes) is 1. The van der Waals surface area contributed by atoms with Crippen molar-refractivity contribution in [1.82, 2.24) is 5.06 Å². The molecule has 1 heterocycles. The highest BCUT2D eigenvalue weighted by atomic mass is 16.7. The maximum absolute atomic E-state index is 12.6. The second kappa shape index (κ2) is 12.4. The van der Waals surface area contributed by atoms with E-state index in [1.807, 2.05) is 6.92 Å². The van der Waals surface area contributed by atoms with Gasteiger partial charge in [-0.05, 0) is 13.3 Å².